The van der Waals surface area contributed by atoms with Gasteiger partial charge in [0.15, 0.2) is 0 Å². The number of carbonyl (C=O) groups is 1. The van der Waals surface area contributed by atoms with Gasteiger partial charge in [-0.05, 0) is 12.1 Å². The number of aryl methyl sites for hydroxylation is 1. The molecule has 28 heavy (non-hydrogen) atoms. The Morgan fingerprint density at radius 3 is 2.93 bits per heavy atom. The summed E-state index contributed by atoms with van der Waals surface area (Å²) in [5, 5.41) is 5.45. The Labute approximate surface area is 163 Å². The van der Waals surface area contributed by atoms with Crippen LogP contribution in [0.5, 0.6) is 0 Å². The number of H-pyrrole nitrogens is 1. The van der Waals surface area contributed by atoms with E-state index in [0.29, 0.717) is 29.0 Å². The highest BCUT2D eigenvalue weighted by molar-refractivity contribution is 7.13. The first kappa shape index (κ1) is 17.9. The van der Waals surface area contributed by atoms with Crippen molar-refractivity contribution >= 4 is 28.3 Å². The third-order valence-corrected chi connectivity index (χ3v) is 4.97. The van der Waals surface area contributed by atoms with Gasteiger partial charge in [0.2, 0.25) is 5.91 Å². The lowest BCUT2D eigenvalue weighted by Gasteiger charge is -2.04. The molecule has 0 fully saturated rings. The Hall–Kier alpha value is -3.46. The van der Waals surface area contributed by atoms with Crippen molar-refractivity contribution in [3.05, 3.63) is 70.0 Å². The summed E-state index contributed by atoms with van der Waals surface area (Å²) in [6.45, 7) is 0.317. The number of hydrogen-bond donors (Lipinski definition) is 2. The predicted octanol–water partition coefficient (Wildman–Crippen LogP) is 2.09. The number of aromatic nitrogens is 5. The molecule has 0 aliphatic carbocycles. The Bertz CT molecular complexity index is 1170. The number of amides is 1. The fourth-order valence-electron chi connectivity index (χ4n) is 2.66. The van der Waals surface area contributed by atoms with Gasteiger partial charge in [-0.3, -0.25) is 19.6 Å². The molecule has 0 saturated carbocycles. The molecule has 2 N–H and O–H groups in total. The topological polar surface area (TPSA) is 114 Å². The largest absolute Gasteiger partial charge is 0.350 e. The molecular weight excluding hydrogens is 376 g/mol. The summed E-state index contributed by atoms with van der Waals surface area (Å²) in [4.78, 5) is 44.1. The molecule has 140 valence electrons. The van der Waals surface area contributed by atoms with Crippen LogP contribution in [0.25, 0.3) is 21.7 Å². The first-order valence-electron chi connectivity index (χ1n) is 8.64. The number of para-hydroxylation sites is 2. The van der Waals surface area contributed by atoms with Gasteiger partial charge in [0.05, 0.1) is 29.5 Å². The van der Waals surface area contributed by atoms with Crippen LogP contribution in [0.4, 0.5) is 0 Å². The summed E-state index contributed by atoms with van der Waals surface area (Å²) < 4.78 is 0. The van der Waals surface area contributed by atoms with Crippen molar-refractivity contribution in [1.29, 1.82) is 0 Å². The number of benzene rings is 1. The van der Waals surface area contributed by atoms with Crippen LogP contribution in [0.1, 0.15) is 17.8 Å². The van der Waals surface area contributed by atoms with Crippen molar-refractivity contribution in [2.45, 2.75) is 19.4 Å². The molecule has 4 aromatic rings. The predicted molar refractivity (Wildman–Crippen MR) is 106 cm³/mol. The second-order valence-electron chi connectivity index (χ2n) is 6.04. The number of carbonyl (C=O) groups excluding carboxylic acids is 1. The normalized spacial score (nSPS) is 10.9. The van der Waals surface area contributed by atoms with Crippen LogP contribution in [0.2, 0.25) is 0 Å². The smallest absolute Gasteiger partial charge is 0.270 e. The molecule has 0 saturated heterocycles. The minimum Gasteiger partial charge on any atom is -0.350 e. The van der Waals surface area contributed by atoms with E-state index in [1.807, 2.05) is 23.6 Å². The van der Waals surface area contributed by atoms with Crippen molar-refractivity contribution in [3.63, 3.8) is 0 Å². The molecule has 0 atom stereocenters. The lowest BCUT2D eigenvalue weighted by atomic mass is 10.2. The van der Waals surface area contributed by atoms with Gasteiger partial charge in [-0.2, -0.15) is 0 Å². The maximum atomic E-state index is 12.1. The SMILES string of the molecule is O=C(CCc1nc2ccccc2[nH]c1=O)NCc1csc(-c2cnccn2)n1. The van der Waals surface area contributed by atoms with E-state index in [9.17, 15) is 9.59 Å². The molecule has 0 unspecified atom stereocenters. The summed E-state index contributed by atoms with van der Waals surface area (Å²) >= 11 is 1.45. The zero-order chi connectivity index (χ0) is 19.3. The average molecular weight is 392 g/mol. The molecule has 9 heteroatoms. The lowest BCUT2D eigenvalue weighted by molar-refractivity contribution is -0.121. The van der Waals surface area contributed by atoms with Crippen LogP contribution in [0, 0.1) is 0 Å². The van der Waals surface area contributed by atoms with Crippen molar-refractivity contribution in [1.82, 2.24) is 30.2 Å². The highest BCUT2D eigenvalue weighted by Crippen LogP contribution is 2.20. The van der Waals surface area contributed by atoms with Gasteiger partial charge in [0.1, 0.15) is 16.4 Å². The van der Waals surface area contributed by atoms with Gasteiger partial charge in [-0.15, -0.1) is 11.3 Å². The van der Waals surface area contributed by atoms with E-state index in [4.69, 9.17) is 0 Å². The van der Waals surface area contributed by atoms with Crippen molar-refractivity contribution in [3.8, 4) is 10.7 Å². The molecule has 4 rings (SSSR count). The van der Waals surface area contributed by atoms with E-state index in [1.54, 1.807) is 24.7 Å². The second-order valence-corrected chi connectivity index (χ2v) is 6.90. The van der Waals surface area contributed by atoms with E-state index in [2.05, 4.69) is 30.2 Å². The number of nitrogens with zero attached hydrogens (tertiary/aromatic N) is 4. The van der Waals surface area contributed by atoms with Gasteiger partial charge in [-0.1, -0.05) is 12.1 Å². The molecule has 0 radical (unpaired) electrons. The van der Waals surface area contributed by atoms with E-state index < -0.39 is 0 Å². The molecule has 0 aliphatic rings. The maximum absolute atomic E-state index is 12.1. The first-order chi connectivity index (χ1) is 13.7. The number of aromatic amines is 1. The van der Waals surface area contributed by atoms with Crippen LogP contribution in [-0.4, -0.2) is 30.8 Å². The van der Waals surface area contributed by atoms with E-state index in [-0.39, 0.29) is 24.3 Å². The fourth-order valence-corrected chi connectivity index (χ4v) is 3.44. The fraction of sp³-hybridized carbons (Fsp3) is 0.158. The third-order valence-electron chi connectivity index (χ3n) is 4.06. The summed E-state index contributed by atoms with van der Waals surface area (Å²) in [7, 11) is 0. The minimum atomic E-state index is -0.264. The van der Waals surface area contributed by atoms with Gasteiger partial charge in [0, 0.05) is 30.6 Å². The van der Waals surface area contributed by atoms with Crippen LogP contribution >= 0.6 is 11.3 Å². The zero-order valence-electron chi connectivity index (χ0n) is 14.8. The number of thiazole rings is 1. The molecule has 1 amide bonds. The monoisotopic (exact) mass is 392 g/mol. The first-order valence-corrected chi connectivity index (χ1v) is 9.52. The molecule has 1 aromatic carbocycles. The highest BCUT2D eigenvalue weighted by atomic mass is 32.1. The number of fused-ring (bicyclic) bond motifs is 1. The van der Waals surface area contributed by atoms with Crippen LogP contribution < -0.4 is 10.9 Å². The average Bonchev–Trinajstić information content (AvgIpc) is 3.20. The Morgan fingerprint density at radius 2 is 2.07 bits per heavy atom. The Kier molecular flexibility index (Phi) is 5.16. The summed E-state index contributed by atoms with van der Waals surface area (Å²) in [6, 6.07) is 7.31. The summed E-state index contributed by atoms with van der Waals surface area (Å²) in [5.41, 5.74) is 2.93. The molecule has 0 spiro atoms. The third kappa shape index (κ3) is 4.09. The van der Waals surface area contributed by atoms with Crippen LogP contribution in [-0.2, 0) is 17.8 Å². The van der Waals surface area contributed by atoms with Crippen molar-refractivity contribution in [2.24, 2.45) is 0 Å². The van der Waals surface area contributed by atoms with Gasteiger partial charge in [-0.25, -0.2) is 9.97 Å². The summed E-state index contributed by atoms with van der Waals surface area (Å²) in [6.07, 6.45) is 5.31. The van der Waals surface area contributed by atoms with Gasteiger partial charge >= 0.3 is 0 Å². The highest BCUT2D eigenvalue weighted by Gasteiger charge is 2.10. The summed E-state index contributed by atoms with van der Waals surface area (Å²) in [5.74, 6) is -0.164. The maximum Gasteiger partial charge on any atom is 0.270 e. The number of hydrogen-bond acceptors (Lipinski definition) is 7. The standard InChI is InChI=1S/C19H16N6O2S/c26-17(6-5-15-18(27)25-14-4-2-1-3-13(14)24-15)22-9-12-11-28-19(23-12)16-10-20-7-8-21-16/h1-4,7-8,10-11H,5-6,9H2,(H,22,26)(H,25,27). The molecule has 0 aliphatic heterocycles. The zero-order valence-corrected chi connectivity index (χ0v) is 15.6. The lowest BCUT2D eigenvalue weighted by Crippen LogP contribution is -2.25. The Morgan fingerprint density at radius 1 is 1.18 bits per heavy atom. The van der Waals surface area contributed by atoms with E-state index in [0.717, 1.165) is 10.7 Å². The number of rotatable bonds is 6. The van der Waals surface area contributed by atoms with Crippen molar-refractivity contribution in [2.75, 3.05) is 0 Å². The van der Waals surface area contributed by atoms with Crippen LogP contribution in [0.3, 0.4) is 0 Å². The number of nitrogens with one attached hydrogen (secondary N) is 2. The molecule has 3 aromatic heterocycles. The Balaban J connectivity index is 1.34. The van der Waals surface area contributed by atoms with Crippen LogP contribution in [0.15, 0.2) is 53.0 Å². The molecular formula is C19H16N6O2S. The molecule has 3 heterocycles. The van der Waals surface area contributed by atoms with Crippen molar-refractivity contribution < 1.29 is 4.79 Å². The van der Waals surface area contributed by atoms with E-state index in [1.165, 1.54) is 11.3 Å². The van der Waals surface area contributed by atoms with E-state index >= 15 is 0 Å². The molecule has 0 bridgehead atoms. The quantitative estimate of drug-likeness (QED) is 0.519. The molecule has 8 nitrogen and oxygen atoms in total. The van der Waals surface area contributed by atoms with Gasteiger partial charge < -0.3 is 10.3 Å². The van der Waals surface area contributed by atoms with Gasteiger partial charge in [0.25, 0.3) is 5.56 Å². The minimum absolute atomic E-state index is 0.164. The second kappa shape index (κ2) is 8.05.